The van der Waals surface area contributed by atoms with E-state index in [0.29, 0.717) is 0 Å². The summed E-state index contributed by atoms with van der Waals surface area (Å²) >= 11 is 0. The number of hydrogen-bond acceptors (Lipinski definition) is 5. The van der Waals surface area contributed by atoms with E-state index in [9.17, 15) is 24.3 Å². The minimum atomic E-state index is -1.11. The van der Waals surface area contributed by atoms with Crippen LogP contribution in [-0.2, 0) is 25.5 Å². The number of carbonyl (C=O) groups excluding carboxylic acids is 3. The van der Waals surface area contributed by atoms with Crippen molar-refractivity contribution in [1.29, 1.82) is 0 Å². The van der Waals surface area contributed by atoms with Crippen LogP contribution in [0.5, 0.6) is 0 Å². The number of rotatable bonds is 15. The summed E-state index contributed by atoms with van der Waals surface area (Å²) in [5, 5.41) is 12.3. The second-order valence-electron chi connectivity index (χ2n) is 12.8. The van der Waals surface area contributed by atoms with Crippen molar-refractivity contribution >= 4 is 23.8 Å². The summed E-state index contributed by atoms with van der Waals surface area (Å²) in [5.74, 6) is -2.51. The van der Waals surface area contributed by atoms with Crippen molar-refractivity contribution in [2.75, 3.05) is 13.1 Å². The number of Topliss-reactive ketones (excluding diaryl/α,β-unsaturated/α-hetero) is 1. The van der Waals surface area contributed by atoms with Crippen molar-refractivity contribution in [1.82, 2.24) is 10.2 Å². The van der Waals surface area contributed by atoms with Gasteiger partial charge in [-0.2, -0.15) is 0 Å². The van der Waals surface area contributed by atoms with E-state index < -0.39 is 35.5 Å². The molecule has 0 heterocycles. The van der Waals surface area contributed by atoms with Crippen LogP contribution < -0.4 is 5.32 Å². The molecule has 2 N–H and O–H groups in total. The largest absolute Gasteiger partial charge is 0.480 e. The first-order valence-corrected chi connectivity index (χ1v) is 14.8. The van der Waals surface area contributed by atoms with Crippen LogP contribution in [0, 0.1) is 17.8 Å². The van der Waals surface area contributed by atoms with Crippen molar-refractivity contribution in [2.45, 2.75) is 85.3 Å². The summed E-state index contributed by atoms with van der Waals surface area (Å²) in [6, 6.07) is 18.1. The molecule has 0 aliphatic heterocycles. The van der Waals surface area contributed by atoms with Crippen LogP contribution in [0.25, 0.3) is 0 Å². The van der Waals surface area contributed by atoms with Gasteiger partial charge in [-0.1, -0.05) is 88.4 Å². The van der Waals surface area contributed by atoms with Crippen molar-refractivity contribution < 1.29 is 29.0 Å². The molecule has 8 nitrogen and oxygen atoms in total. The van der Waals surface area contributed by atoms with Crippen molar-refractivity contribution in [3.05, 3.63) is 71.8 Å². The summed E-state index contributed by atoms with van der Waals surface area (Å²) in [5.41, 5.74) is 1.16. The van der Waals surface area contributed by atoms with Crippen LogP contribution in [-0.4, -0.2) is 58.5 Å². The third kappa shape index (κ3) is 12.0. The van der Waals surface area contributed by atoms with E-state index in [1.807, 2.05) is 74.5 Å². The zero-order chi connectivity index (χ0) is 31.4. The maximum Gasteiger partial charge on any atom is 0.410 e. The van der Waals surface area contributed by atoms with E-state index in [1.54, 1.807) is 20.8 Å². The number of hydrogen-bond donors (Lipinski definition) is 2. The standard InChI is InChI=1S/C34H48N2O6/c1-23(2)18-30(32(39)40)35-31(38)27(19-25-14-10-8-11-15-25)20-28(37)21-36(33(41)42-34(5,6)7)22-29(24(3)4)26-16-12-9-13-17-26/h8-17,23-24,27,29-30H,18-22H2,1-7H3,(H,35,38)(H,39,40)/t27-,29+,30+/m0/s1. The Balaban J connectivity index is 2.31. The van der Waals surface area contributed by atoms with E-state index in [2.05, 4.69) is 19.2 Å². The molecule has 2 rings (SSSR count). The molecule has 0 aliphatic rings. The Kier molecular flexibility index (Phi) is 13.2. The predicted octanol–water partition coefficient (Wildman–Crippen LogP) is 6.10. The molecule has 0 radical (unpaired) electrons. The van der Waals surface area contributed by atoms with Crippen LogP contribution >= 0.6 is 0 Å². The number of nitrogens with zero attached hydrogens (tertiary/aromatic N) is 1. The van der Waals surface area contributed by atoms with Gasteiger partial charge in [-0.05, 0) is 56.6 Å². The third-order valence-electron chi connectivity index (χ3n) is 6.96. The van der Waals surface area contributed by atoms with E-state index in [1.165, 1.54) is 4.90 Å². The summed E-state index contributed by atoms with van der Waals surface area (Å²) in [6.45, 7) is 13.3. The highest BCUT2D eigenvalue weighted by atomic mass is 16.6. The summed E-state index contributed by atoms with van der Waals surface area (Å²) < 4.78 is 5.67. The summed E-state index contributed by atoms with van der Waals surface area (Å²) in [4.78, 5) is 53.6. The molecule has 0 aliphatic carbocycles. The molecule has 2 amide bonds. The second kappa shape index (κ2) is 16.1. The fourth-order valence-corrected chi connectivity index (χ4v) is 4.86. The molecule has 8 heteroatoms. The van der Waals surface area contributed by atoms with Gasteiger partial charge in [-0.15, -0.1) is 0 Å². The van der Waals surface area contributed by atoms with Gasteiger partial charge in [0.1, 0.15) is 11.6 Å². The quantitative estimate of drug-likeness (QED) is 0.263. The van der Waals surface area contributed by atoms with Gasteiger partial charge in [0.2, 0.25) is 5.91 Å². The molecule has 3 atom stereocenters. The van der Waals surface area contributed by atoms with Gasteiger partial charge in [0.05, 0.1) is 6.54 Å². The van der Waals surface area contributed by atoms with Crippen LogP contribution in [0.4, 0.5) is 4.79 Å². The van der Waals surface area contributed by atoms with Crippen LogP contribution in [0.1, 0.15) is 78.4 Å². The monoisotopic (exact) mass is 580 g/mol. The highest BCUT2D eigenvalue weighted by Gasteiger charge is 2.31. The Morgan fingerprint density at radius 3 is 1.98 bits per heavy atom. The molecule has 230 valence electrons. The highest BCUT2D eigenvalue weighted by Crippen LogP contribution is 2.27. The lowest BCUT2D eigenvalue weighted by Crippen LogP contribution is -2.46. The van der Waals surface area contributed by atoms with E-state index in [4.69, 9.17) is 4.74 Å². The Hall–Kier alpha value is -3.68. The minimum Gasteiger partial charge on any atom is -0.480 e. The number of benzene rings is 2. The molecule has 2 aromatic carbocycles. The minimum absolute atomic E-state index is 0.0395. The third-order valence-corrected chi connectivity index (χ3v) is 6.96. The summed E-state index contributed by atoms with van der Waals surface area (Å²) in [7, 11) is 0. The lowest BCUT2D eigenvalue weighted by molar-refractivity contribution is -0.143. The number of nitrogens with one attached hydrogen (secondary N) is 1. The number of carboxylic acid groups (broad SMARTS) is 1. The first-order chi connectivity index (χ1) is 19.7. The maximum atomic E-state index is 13.6. The van der Waals surface area contributed by atoms with E-state index in [0.717, 1.165) is 11.1 Å². The smallest absolute Gasteiger partial charge is 0.410 e. The molecule has 0 fully saturated rings. The number of amides is 2. The highest BCUT2D eigenvalue weighted by molar-refractivity contribution is 5.91. The summed E-state index contributed by atoms with van der Waals surface area (Å²) in [6.07, 6.45) is -0.205. The molecule has 0 saturated carbocycles. The van der Waals surface area contributed by atoms with Crippen LogP contribution in [0.15, 0.2) is 60.7 Å². The van der Waals surface area contributed by atoms with Gasteiger partial charge in [0, 0.05) is 24.8 Å². The maximum absolute atomic E-state index is 13.6. The molecule has 0 spiro atoms. The average molecular weight is 581 g/mol. The predicted molar refractivity (Wildman–Crippen MR) is 164 cm³/mol. The second-order valence-corrected chi connectivity index (χ2v) is 12.8. The van der Waals surface area contributed by atoms with Gasteiger partial charge in [-0.25, -0.2) is 9.59 Å². The Labute approximate surface area is 250 Å². The molecule has 42 heavy (non-hydrogen) atoms. The molecular weight excluding hydrogens is 532 g/mol. The molecule has 0 aromatic heterocycles. The number of ketones is 1. The van der Waals surface area contributed by atoms with Gasteiger partial charge >= 0.3 is 12.1 Å². The molecular formula is C34H48N2O6. The first-order valence-electron chi connectivity index (χ1n) is 14.8. The lowest BCUT2D eigenvalue weighted by Gasteiger charge is -2.32. The van der Waals surface area contributed by atoms with E-state index in [-0.39, 0.29) is 55.9 Å². The number of carboxylic acids is 1. The Bertz CT molecular complexity index is 1160. The number of carbonyl (C=O) groups is 4. The molecule has 0 bridgehead atoms. The van der Waals surface area contributed by atoms with Crippen LogP contribution in [0.2, 0.25) is 0 Å². The van der Waals surface area contributed by atoms with Crippen molar-refractivity contribution in [3.63, 3.8) is 0 Å². The van der Waals surface area contributed by atoms with Gasteiger partial charge < -0.3 is 20.1 Å². The average Bonchev–Trinajstić information content (AvgIpc) is 2.89. The Morgan fingerprint density at radius 2 is 1.48 bits per heavy atom. The zero-order valence-corrected chi connectivity index (χ0v) is 26.1. The van der Waals surface area contributed by atoms with Gasteiger partial charge in [0.25, 0.3) is 0 Å². The van der Waals surface area contributed by atoms with Crippen molar-refractivity contribution in [3.8, 4) is 0 Å². The van der Waals surface area contributed by atoms with Crippen molar-refractivity contribution in [2.24, 2.45) is 17.8 Å². The topological polar surface area (TPSA) is 113 Å². The fraction of sp³-hybridized carbons (Fsp3) is 0.529. The zero-order valence-electron chi connectivity index (χ0n) is 26.1. The molecule has 2 aromatic rings. The van der Waals surface area contributed by atoms with Gasteiger partial charge in [-0.3, -0.25) is 9.59 Å². The lowest BCUT2D eigenvalue weighted by atomic mass is 9.87. The SMILES string of the molecule is CC(C)C[C@@H](NC(=O)[C@H](CC(=O)CN(C[C@@H](c1ccccc1)C(C)C)C(=O)OC(C)(C)C)Cc1ccccc1)C(=O)O. The Morgan fingerprint density at radius 1 is 0.905 bits per heavy atom. The fourth-order valence-electron chi connectivity index (χ4n) is 4.86. The number of aliphatic carboxylic acids is 1. The number of ether oxygens (including phenoxy) is 1. The molecule has 0 saturated heterocycles. The molecule has 0 unspecified atom stereocenters. The van der Waals surface area contributed by atoms with E-state index >= 15 is 0 Å². The van der Waals surface area contributed by atoms with Crippen LogP contribution in [0.3, 0.4) is 0 Å². The van der Waals surface area contributed by atoms with Gasteiger partial charge in [0.15, 0.2) is 5.78 Å². The first kappa shape index (κ1) is 34.5. The normalized spacial score (nSPS) is 13.7.